The predicted molar refractivity (Wildman–Crippen MR) is 108 cm³/mol. The van der Waals surface area contributed by atoms with Crippen molar-refractivity contribution in [1.82, 2.24) is 0 Å². The number of ether oxygens (including phenoxy) is 2. The van der Waals surface area contributed by atoms with Crippen LogP contribution in [0.2, 0.25) is 0 Å². The van der Waals surface area contributed by atoms with Crippen LogP contribution < -0.4 is 5.73 Å². The summed E-state index contributed by atoms with van der Waals surface area (Å²) in [7, 11) is 0. The Kier molecular flexibility index (Phi) is 15.7. The lowest BCUT2D eigenvalue weighted by Gasteiger charge is -2.21. The van der Waals surface area contributed by atoms with Crippen LogP contribution in [-0.4, -0.2) is 37.6 Å². The first kappa shape index (κ1) is 25.1. The van der Waals surface area contributed by atoms with Crippen molar-refractivity contribution in [2.45, 2.75) is 91.6 Å². The SMILES string of the molecule is CC(C)C(=O)C1CCCCC1.CC(C)OCCCCOCCCC(N)=O.[HH]. The van der Waals surface area contributed by atoms with Crippen LogP contribution >= 0.6 is 0 Å². The van der Waals surface area contributed by atoms with Crippen molar-refractivity contribution >= 4 is 11.7 Å². The van der Waals surface area contributed by atoms with Gasteiger partial charge in [-0.25, -0.2) is 0 Å². The summed E-state index contributed by atoms with van der Waals surface area (Å²) in [6, 6.07) is 0. The van der Waals surface area contributed by atoms with E-state index >= 15 is 0 Å². The van der Waals surface area contributed by atoms with Crippen LogP contribution in [0.5, 0.6) is 0 Å². The van der Waals surface area contributed by atoms with Gasteiger partial charge in [0.05, 0.1) is 6.10 Å². The Hall–Kier alpha value is -0.940. The lowest BCUT2D eigenvalue weighted by Crippen LogP contribution is -2.21. The minimum absolute atomic E-state index is 0. The predicted octanol–water partition coefficient (Wildman–Crippen LogP) is 4.51. The molecule has 0 aromatic heterocycles. The van der Waals surface area contributed by atoms with Crippen LogP contribution in [0.3, 0.4) is 0 Å². The van der Waals surface area contributed by atoms with Crippen molar-refractivity contribution in [2.24, 2.45) is 17.6 Å². The number of primary amides is 1. The van der Waals surface area contributed by atoms with Crippen molar-refractivity contribution in [1.29, 1.82) is 0 Å². The van der Waals surface area contributed by atoms with E-state index in [-0.39, 0.29) is 13.3 Å². The molecule has 156 valence electrons. The molecule has 0 saturated heterocycles. The summed E-state index contributed by atoms with van der Waals surface area (Å²) in [4.78, 5) is 21.9. The van der Waals surface area contributed by atoms with E-state index in [1.807, 2.05) is 27.7 Å². The molecule has 1 saturated carbocycles. The summed E-state index contributed by atoms with van der Waals surface area (Å²) in [6.45, 7) is 10.2. The Bertz CT molecular complexity index is 369. The fourth-order valence-corrected chi connectivity index (χ4v) is 2.93. The first-order chi connectivity index (χ1) is 12.3. The molecule has 1 aliphatic rings. The fourth-order valence-electron chi connectivity index (χ4n) is 2.93. The number of carbonyl (C=O) groups excluding carboxylic acids is 2. The number of ketones is 1. The zero-order chi connectivity index (χ0) is 19.8. The first-order valence-corrected chi connectivity index (χ1v) is 10.4. The molecule has 0 aromatic carbocycles. The molecule has 0 spiro atoms. The summed E-state index contributed by atoms with van der Waals surface area (Å²) in [5.41, 5.74) is 4.99. The van der Waals surface area contributed by atoms with Crippen molar-refractivity contribution < 1.29 is 20.5 Å². The Labute approximate surface area is 161 Å². The number of unbranched alkanes of at least 4 members (excludes halogenated alkanes) is 1. The van der Waals surface area contributed by atoms with Gasteiger partial charge in [-0.15, -0.1) is 0 Å². The number of amides is 1. The maximum absolute atomic E-state index is 11.5. The third kappa shape index (κ3) is 15.3. The van der Waals surface area contributed by atoms with Crippen LogP contribution in [0.4, 0.5) is 0 Å². The van der Waals surface area contributed by atoms with Gasteiger partial charge in [-0.2, -0.15) is 0 Å². The Morgan fingerprint density at radius 1 is 0.962 bits per heavy atom. The molecule has 0 aromatic rings. The second-order valence-electron chi connectivity index (χ2n) is 7.70. The van der Waals surface area contributed by atoms with Gasteiger partial charge in [0.25, 0.3) is 0 Å². The molecule has 5 heteroatoms. The van der Waals surface area contributed by atoms with Crippen molar-refractivity contribution in [3.8, 4) is 0 Å². The highest BCUT2D eigenvalue weighted by Gasteiger charge is 2.22. The number of carbonyl (C=O) groups is 2. The number of hydrogen-bond donors (Lipinski definition) is 1. The molecule has 0 heterocycles. The van der Waals surface area contributed by atoms with E-state index in [2.05, 4.69) is 0 Å². The van der Waals surface area contributed by atoms with E-state index in [1.165, 1.54) is 19.3 Å². The third-order valence-corrected chi connectivity index (χ3v) is 4.42. The molecular formula is C21H43NO4. The highest BCUT2D eigenvalue weighted by atomic mass is 16.5. The molecular weight excluding hydrogens is 330 g/mol. The number of nitrogens with two attached hydrogens (primary N) is 1. The summed E-state index contributed by atoms with van der Waals surface area (Å²) < 4.78 is 10.7. The van der Waals surface area contributed by atoms with E-state index < -0.39 is 0 Å². The highest BCUT2D eigenvalue weighted by Crippen LogP contribution is 2.26. The molecule has 0 unspecified atom stereocenters. The number of Topliss-reactive ketones (excluding diaryl/α,β-unsaturated/α-hetero) is 1. The van der Waals surface area contributed by atoms with E-state index in [0.717, 1.165) is 45.3 Å². The van der Waals surface area contributed by atoms with E-state index in [9.17, 15) is 9.59 Å². The van der Waals surface area contributed by atoms with E-state index in [4.69, 9.17) is 15.2 Å². The quantitative estimate of drug-likeness (QED) is 0.510. The lowest BCUT2D eigenvalue weighted by molar-refractivity contribution is -0.126. The summed E-state index contributed by atoms with van der Waals surface area (Å²) >= 11 is 0. The molecule has 0 aliphatic heterocycles. The van der Waals surface area contributed by atoms with Crippen LogP contribution in [0, 0.1) is 11.8 Å². The average Bonchev–Trinajstić information content (AvgIpc) is 2.60. The Morgan fingerprint density at radius 2 is 1.54 bits per heavy atom. The summed E-state index contributed by atoms with van der Waals surface area (Å²) in [5, 5.41) is 0. The summed E-state index contributed by atoms with van der Waals surface area (Å²) in [5.74, 6) is 0.885. The van der Waals surface area contributed by atoms with Crippen molar-refractivity contribution in [2.75, 3.05) is 19.8 Å². The zero-order valence-electron chi connectivity index (χ0n) is 17.4. The second-order valence-corrected chi connectivity index (χ2v) is 7.70. The highest BCUT2D eigenvalue weighted by molar-refractivity contribution is 5.82. The second kappa shape index (κ2) is 16.2. The van der Waals surface area contributed by atoms with Crippen LogP contribution in [0.1, 0.15) is 86.9 Å². The maximum atomic E-state index is 11.5. The zero-order valence-corrected chi connectivity index (χ0v) is 17.4. The Morgan fingerprint density at radius 3 is 2.08 bits per heavy atom. The standard InChI is InChI=1S/C11H23NO3.C10H18O.H2/c1-10(2)15-9-4-3-7-14-8-5-6-11(12)13;1-8(2)10(11)9-6-4-3-5-7-9;/h10H,3-9H2,1-2H3,(H2,12,13);8-9H,3-7H2,1-2H3;1H. The normalized spacial score (nSPS) is 15.0. The monoisotopic (exact) mass is 373 g/mol. The summed E-state index contributed by atoms with van der Waals surface area (Å²) in [6.07, 6.45) is 9.63. The molecule has 1 fully saturated rings. The van der Waals surface area contributed by atoms with Gasteiger partial charge in [0.2, 0.25) is 5.91 Å². The smallest absolute Gasteiger partial charge is 0.217 e. The van der Waals surface area contributed by atoms with Crippen molar-refractivity contribution in [3.05, 3.63) is 0 Å². The minimum atomic E-state index is -0.260. The van der Waals surface area contributed by atoms with Crippen LogP contribution in [0.15, 0.2) is 0 Å². The Balaban J connectivity index is 0. The molecule has 0 radical (unpaired) electrons. The molecule has 0 atom stereocenters. The van der Waals surface area contributed by atoms with Gasteiger partial charge >= 0.3 is 0 Å². The van der Waals surface area contributed by atoms with Gasteiger partial charge in [0.1, 0.15) is 5.78 Å². The minimum Gasteiger partial charge on any atom is -0.381 e. The molecule has 5 nitrogen and oxygen atoms in total. The third-order valence-electron chi connectivity index (χ3n) is 4.42. The van der Waals surface area contributed by atoms with Crippen molar-refractivity contribution in [3.63, 3.8) is 0 Å². The van der Waals surface area contributed by atoms with Gasteiger partial charge in [0, 0.05) is 39.5 Å². The molecule has 1 amide bonds. The van der Waals surface area contributed by atoms with Gasteiger partial charge < -0.3 is 15.2 Å². The first-order valence-electron chi connectivity index (χ1n) is 10.4. The maximum Gasteiger partial charge on any atom is 0.217 e. The van der Waals surface area contributed by atoms with Crippen LogP contribution in [-0.2, 0) is 19.1 Å². The molecule has 0 bridgehead atoms. The molecule has 26 heavy (non-hydrogen) atoms. The lowest BCUT2D eigenvalue weighted by atomic mass is 9.83. The molecule has 1 rings (SSSR count). The fraction of sp³-hybridized carbons (Fsp3) is 0.905. The number of rotatable bonds is 12. The van der Waals surface area contributed by atoms with E-state index in [0.29, 0.717) is 30.8 Å². The van der Waals surface area contributed by atoms with Gasteiger partial charge in [-0.3, -0.25) is 9.59 Å². The molecule has 1 aliphatic carbocycles. The van der Waals surface area contributed by atoms with Gasteiger partial charge in [-0.1, -0.05) is 33.1 Å². The van der Waals surface area contributed by atoms with Gasteiger partial charge in [-0.05, 0) is 46.0 Å². The molecule has 2 N–H and O–H groups in total. The van der Waals surface area contributed by atoms with Crippen LogP contribution in [0.25, 0.3) is 0 Å². The topological polar surface area (TPSA) is 78.6 Å². The number of hydrogen-bond acceptors (Lipinski definition) is 4. The van der Waals surface area contributed by atoms with E-state index in [1.54, 1.807) is 0 Å². The largest absolute Gasteiger partial charge is 0.381 e. The van der Waals surface area contributed by atoms with Gasteiger partial charge in [0.15, 0.2) is 0 Å². The average molecular weight is 374 g/mol.